The van der Waals surface area contributed by atoms with Crippen molar-refractivity contribution in [2.75, 3.05) is 5.32 Å². The molecule has 0 spiro atoms. The van der Waals surface area contributed by atoms with Crippen LogP contribution in [0, 0.1) is 13.8 Å². The normalized spacial score (nSPS) is 10.2. The van der Waals surface area contributed by atoms with E-state index in [1.807, 2.05) is 24.3 Å². The molecule has 0 aliphatic carbocycles. The lowest BCUT2D eigenvalue weighted by molar-refractivity contribution is -0.114. The second-order valence-corrected chi connectivity index (χ2v) is 4.63. The van der Waals surface area contributed by atoms with Gasteiger partial charge in [-0.2, -0.15) is 0 Å². The highest BCUT2D eigenvalue weighted by Gasteiger charge is 2.01. The van der Waals surface area contributed by atoms with Crippen LogP contribution in [0.5, 0.6) is 0 Å². The molecule has 0 aliphatic heterocycles. The van der Waals surface area contributed by atoms with Gasteiger partial charge in [-0.3, -0.25) is 4.79 Å². The minimum atomic E-state index is -0.0471. The first-order valence-electron chi connectivity index (χ1n) is 6.01. The second-order valence-electron chi connectivity index (χ2n) is 4.63. The summed E-state index contributed by atoms with van der Waals surface area (Å²) in [5, 5.41) is 2.77. The van der Waals surface area contributed by atoms with Gasteiger partial charge in [0.1, 0.15) is 0 Å². The lowest BCUT2D eigenvalue weighted by atomic mass is 10.0. The van der Waals surface area contributed by atoms with Crippen molar-refractivity contribution in [1.29, 1.82) is 0 Å². The van der Waals surface area contributed by atoms with Gasteiger partial charge in [-0.1, -0.05) is 41.5 Å². The summed E-state index contributed by atoms with van der Waals surface area (Å²) in [5.74, 6) is -0.0471. The van der Waals surface area contributed by atoms with E-state index in [1.54, 1.807) is 0 Å². The molecule has 0 radical (unpaired) electrons. The molecule has 0 unspecified atom stereocenters. The second kappa shape index (κ2) is 5.05. The molecule has 0 saturated carbocycles. The van der Waals surface area contributed by atoms with E-state index in [1.165, 1.54) is 23.6 Å². The van der Waals surface area contributed by atoms with Crippen LogP contribution in [0.15, 0.2) is 42.5 Å². The number of rotatable bonds is 2. The molecule has 0 bridgehead atoms. The molecule has 0 heterocycles. The third-order valence-corrected chi connectivity index (χ3v) is 2.76. The highest BCUT2D eigenvalue weighted by Crippen LogP contribution is 2.23. The smallest absolute Gasteiger partial charge is 0.221 e. The van der Waals surface area contributed by atoms with Crippen molar-refractivity contribution >= 4 is 11.6 Å². The topological polar surface area (TPSA) is 29.1 Å². The first kappa shape index (κ1) is 12.4. The zero-order valence-corrected chi connectivity index (χ0v) is 10.9. The summed E-state index contributed by atoms with van der Waals surface area (Å²) in [7, 11) is 0. The maximum atomic E-state index is 10.9. The SMILES string of the molecule is CC(=O)Nc1ccc(-c2cc(C)cc(C)c2)cc1. The number of anilines is 1. The van der Waals surface area contributed by atoms with Crippen molar-refractivity contribution in [3.8, 4) is 11.1 Å². The largest absolute Gasteiger partial charge is 0.326 e. The van der Waals surface area contributed by atoms with Crippen LogP contribution in [0.1, 0.15) is 18.1 Å². The summed E-state index contributed by atoms with van der Waals surface area (Å²) in [5.41, 5.74) is 5.72. The summed E-state index contributed by atoms with van der Waals surface area (Å²) >= 11 is 0. The molecule has 0 saturated heterocycles. The predicted octanol–water partition coefficient (Wildman–Crippen LogP) is 3.93. The maximum Gasteiger partial charge on any atom is 0.221 e. The Morgan fingerprint density at radius 2 is 1.44 bits per heavy atom. The Balaban J connectivity index is 2.31. The third-order valence-electron chi connectivity index (χ3n) is 2.76. The standard InChI is InChI=1S/C16H17NO/c1-11-8-12(2)10-15(9-11)14-4-6-16(7-5-14)17-13(3)18/h4-10H,1-3H3,(H,17,18). The Labute approximate surface area is 108 Å². The zero-order chi connectivity index (χ0) is 13.1. The Morgan fingerprint density at radius 3 is 1.94 bits per heavy atom. The molecule has 1 amide bonds. The summed E-state index contributed by atoms with van der Waals surface area (Å²) in [6.45, 7) is 5.71. The number of carbonyl (C=O) groups excluding carboxylic acids is 1. The molecule has 2 nitrogen and oxygen atoms in total. The minimum absolute atomic E-state index is 0.0471. The van der Waals surface area contributed by atoms with Gasteiger partial charge in [0, 0.05) is 12.6 Å². The van der Waals surface area contributed by atoms with Crippen molar-refractivity contribution in [2.45, 2.75) is 20.8 Å². The van der Waals surface area contributed by atoms with Crippen LogP contribution in [0.3, 0.4) is 0 Å². The molecule has 2 heteroatoms. The van der Waals surface area contributed by atoms with Gasteiger partial charge < -0.3 is 5.32 Å². The van der Waals surface area contributed by atoms with Crippen molar-refractivity contribution in [2.24, 2.45) is 0 Å². The van der Waals surface area contributed by atoms with E-state index < -0.39 is 0 Å². The number of benzene rings is 2. The van der Waals surface area contributed by atoms with Gasteiger partial charge in [0.2, 0.25) is 5.91 Å². The fourth-order valence-electron chi connectivity index (χ4n) is 2.09. The van der Waals surface area contributed by atoms with Gasteiger partial charge in [-0.25, -0.2) is 0 Å². The molecule has 0 aliphatic rings. The Hall–Kier alpha value is -2.09. The van der Waals surface area contributed by atoms with Gasteiger partial charge in [0.15, 0.2) is 0 Å². The minimum Gasteiger partial charge on any atom is -0.326 e. The quantitative estimate of drug-likeness (QED) is 0.845. The number of nitrogens with one attached hydrogen (secondary N) is 1. The Bertz CT molecular complexity index is 550. The van der Waals surface area contributed by atoms with Crippen LogP contribution < -0.4 is 5.32 Å². The molecule has 0 fully saturated rings. The average Bonchev–Trinajstić information content (AvgIpc) is 2.27. The first-order chi connectivity index (χ1) is 8.54. The molecular weight excluding hydrogens is 222 g/mol. The summed E-state index contributed by atoms with van der Waals surface area (Å²) in [6.07, 6.45) is 0. The molecule has 0 atom stereocenters. The van der Waals surface area contributed by atoms with E-state index in [4.69, 9.17) is 0 Å². The van der Waals surface area contributed by atoms with Crippen LogP contribution in [0.2, 0.25) is 0 Å². The Morgan fingerprint density at radius 1 is 0.889 bits per heavy atom. The van der Waals surface area contributed by atoms with Gasteiger partial charge in [-0.05, 0) is 37.1 Å². The fraction of sp³-hybridized carbons (Fsp3) is 0.188. The van der Waals surface area contributed by atoms with Crippen LogP contribution >= 0.6 is 0 Å². The Kier molecular flexibility index (Phi) is 3.47. The molecule has 18 heavy (non-hydrogen) atoms. The van der Waals surface area contributed by atoms with E-state index in [0.717, 1.165) is 11.3 Å². The van der Waals surface area contributed by atoms with Gasteiger partial charge in [0.05, 0.1) is 0 Å². The number of aryl methyl sites for hydroxylation is 2. The molecule has 2 rings (SSSR count). The molecule has 1 N–H and O–H groups in total. The lowest BCUT2D eigenvalue weighted by Crippen LogP contribution is -2.05. The third kappa shape index (κ3) is 2.98. The monoisotopic (exact) mass is 239 g/mol. The van der Waals surface area contributed by atoms with Crippen molar-refractivity contribution in [3.63, 3.8) is 0 Å². The molecule has 92 valence electrons. The molecule has 0 aromatic heterocycles. The van der Waals surface area contributed by atoms with Gasteiger partial charge >= 0.3 is 0 Å². The van der Waals surface area contributed by atoms with Crippen molar-refractivity contribution in [3.05, 3.63) is 53.6 Å². The number of hydrogen-bond acceptors (Lipinski definition) is 1. The van der Waals surface area contributed by atoms with Gasteiger partial charge in [0.25, 0.3) is 0 Å². The van der Waals surface area contributed by atoms with Crippen LogP contribution in [-0.2, 0) is 4.79 Å². The maximum absolute atomic E-state index is 10.9. The molecule has 2 aromatic rings. The van der Waals surface area contributed by atoms with E-state index in [-0.39, 0.29) is 5.91 Å². The summed E-state index contributed by atoms with van der Waals surface area (Å²) in [4.78, 5) is 10.9. The molecular formula is C16H17NO. The number of carbonyl (C=O) groups is 1. The first-order valence-corrected chi connectivity index (χ1v) is 6.01. The zero-order valence-electron chi connectivity index (χ0n) is 10.9. The number of amides is 1. The highest BCUT2D eigenvalue weighted by atomic mass is 16.1. The van der Waals surface area contributed by atoms with Crippen LogP contribution in [0.4, 0.5) is 5.69 Å². The van der Waals surface area contributed by atoms with Crippen LogP contribution in [-0.4, -0.2) is 5.91 Å². The van der Waals surface area contributed by atoms with Crippen molar-refractivity contribution < 1.29 is 4.79 Å². The number of hydrogen-bond donors (Lipinski definition) is 1. The lowest BCUT2D eigenvalue weighted by Gasteiger charge is -2.07. The summed E-state index contributed by atoms with van der Waals surface area (Å²) in [6, 6.07) is 14.4. The van der Waals surface area contributed by atoms with E-state index in [0.29, 0.717) is 0 Å². The molecule has 2 aromatic carbocycles. The van der Waals surface area contributed by atoms with Crippen LogP contribution in [0.25, 0.3) is 11.1 Å². The average molecular weight is 239 g/mol. The summed E-state index contributed by atoms with van der Waals surface area (Å²) < 4.78 is 0. The highest BCUT2D eigenvalue weighted by molar-refractivity contribution is 5.89. The van der Waals surface area contributed by atoms with E-state index >= 15 is 0 Å². The fourth-order valence-corrected chi connectivity index (χ4v) is 2.09. The van der Waals surface area contributed by atoms with Gasteiger partial charge in [-0.15, -0.1) is 0 Å². The van der Waals surface area contributed by atoms with E-state index in [2.05, 4.69) is 37.4 Å². The van der Waals surface area contributed by atoms with Crippen molar-refractivity contribution in [1.82, 2.24) is 0 Å². The van der Waals surface area contributed by atoms with E-state index in [9.17, 15) is 4.79 Å². The predicted molar refractivity (Wildman–Crippen MR) is 75.7 cm³/mol.